The van der Waals surface area contributed by atoms with Crippen LogP contribution in [0.4, 0.5) is 5.69 Å². The minimum Gasteiger partial charge on any atom is -0.477 e. The second-order valence-electron chi connectivity index (χ2n) is 5.42. The summed E-state index contributed by atoms with van der Waals surface area (Å²) in [6, 6.07) is 5.38. The molecule has 1 aromatic carbocycles. The number of carbonyl (C=O) groups is 2. The van der Waals surface area contributed by atoms with Gasteiger partial charge in [-0.25, -0.2) is 9.59 Å². The highest BCUT2D eigenvalue weighted by Gasteiger charge is 2.41. The smallest absolute Gasteiger partial charge is 0.342 e. The van der Waals surface area contributed by atoms with Crippen molar-refractivity contribution in [1.29, 1.82) is 5.26 Å². The van der Waals surface area contributed by atoms with Crippen molar-refractivity contribution in [2.24, 2.45) is 5.73 Å². The minimum absolute atomic E-state index is 0.00461. The Morgan fingerprint density at radius 1 is 1.48 bits per heavy atom. The lowest BCUT2D eigenvalue weighted by molar-refractivity contribution is -0.386. The highest BCUT2D eigenvalue weighted by atomic mass is 16.6. The molecule has 0 spiro atoms. The number of hydrogen-bond donors (Lipinski definition) is 2. The van der Waals surface area contributed by atoms with E-state index in [1.807, 2.05) is 0 Å². The lowest BCUT2D eigenvalue weighted by Gasteiger charge is -2.26. The molecule has 1 aromatic rings. The fourth-order valence-electron chi connectivity index (χ4n) is 2.84. The standard InChI is InChI=1S/C17H15N3O7/c1-3-26-17(23)12-8(2)27-15(19)11(7-18)13(12)9-5-4-6-10(16(21)22)14(9)20(24)25/h4-6,13H,3,19H2,1-2H3,(H,21,22). The number of hydrogen-bond acceptors (Lipinski definition) is 8. The van der Waals surface area contributed by atoms with Crippen LogP contribution in [0.25, 0.3) is 0 Å². The molecule has 0 saturated heterocycles. The van der Waals surface area contributed by atoms with E-state index >= 15 is 0 Å². The molecule has 0 aliphatic carbocycles. The number of nitriles is 1. The van der Waals surface area contributed by atoms with Crippen LogP contribution in [0.2, 0.25) is 0 Å². The van der Waals surface area contributed by atoms with Crippen LogP contribution < -0.4 is 5.73 Å². The predicted molar refractivity (Wildman–Crippen MR) is 90.0 cm³/mol. The molecular formula is C17H15N3O7. The van der Waals surface area contributed by atoms with Gasteiger partial charge in [0.15, 0.2) is 0 Å². The molecule has 2 rings (SSSR count). The molecule has 1 atom stereocenters. The molecule has 10 nitrogen and oxygen atoms in total. The summed E-state index contributed by atoms with van der Waals surface area (Å²) in [6.45, 7) is 2.98. The fraction of sp³-hybridized carbons (Fsp3) is 0.235. The molecule has 27 heavy (non-hydrogen) atoms. The van der Waals surface area contributed by atoms with Crippen molar-refractivity contribution >= 4 is 17.6 Å². The van der Waals surface area contributed by atoms with Crippen molar-refractivity contribution in [3.63, 3.8) is 0 Å². The van der Waals surface area contributed by atoms with E-state index in [4.69, 9.17) is 15.2 Å². The number of nitrogens with two attached hydrogens (primary N) is 1. The van der Waals surface area contributed by atoms with Crippen LogP contribution in [0.3, 0.4) is 0 Å². The zero-order valence-electron chi connectivity index (χ0n) is 14.4. The Bertz CT molecular complexity index is 940. The highest BCUT2D eigenvalue weighted by molar-refractivity contribution is 5.96. The number of carbonyl (C=O) groups excluding carboxylic acids is 1. The Kier molecular flexibility index (Phi) is 5.45. The van der Waals surface area contributed by atoms with E-state index < -0.39 is 34.0 Å². The summed E-state index contributed by atoms with van der Waals surface area (Å²) >= 11 is 0. The van der Waals surface area contributed by atoms with Crippen LogP contribution in [-0.2, 0) is 14.3 Å². The Labute approximate surface area is 153 Å². The Morgan fingerprint density at radius 3 is 2.67 bits per heavy atom. The monoisotopic (exact) mass is 373 g/mol. The summed E-state index contributed by atoms with van der Waals surface area (Å²) in [7, 11) is 0. The average molecular weight is 373 g/mol. The van der Waals surface area contributed by atoms with Gasteiger partial charge < -0.3 is 20.3 Å². The molecule has 0 saturated carbocycles. The SMILES string of the molecule is CCOC(=O)C1=C(C)OC(N)=C(C#N)C1c1cccc(C(=O)O)c1[N+](=O)[O-]. The van der Waals surface area contributed by atoms with Crippen molar-refractivity contribution in [1.82, 2.24) is 0 Å². The van der Waals surface area contributed by atoms with Gasteiger partial charge in [-0.3, -0.25) is 10.1 Å². The van der Waals surface area contributed by atoms with Crippen molar-refractivity contribution in [2.75, 3.05) is 6.61 Å². The molecule has 10 heteroatoms. The van der Waals surface area contributed by atoms with Crippen LogP contribution in [0.15, 0.2) is 41.0 Å². The summed E-state index contributed by atoms with van der Waals surface area (Å²) in [5, 5.41) is 30.4. The number of allylic oxidation sites excluding steroid dienone is 2. The summed E-state index contributed by atoms with van der Waals surface area (Å²) in [4.78, 5) is 34.6. The third-order valence-corrected chi connectivity index (χ3v) is 3.89. The lowest BCUT2D eigenvalue weighted by Crippen LogP contribution is -2.26. The van der Waals surface area contributed by atoms with Crippen molar-refractivity contribution in [2.45, 2.75) is 19.8 Å². The fourth-order valence-corrected chi connectivity index (χ4v) is 2.84. The second kappa shape index (κ2) is 7.57. The Balaban J connectivity index is 2.86. The molecule has 0 bridgehead atoms. The van der Waals surface area contributed by atoms with E-state index in [9.17, 15) is 30.1 Å². The summed E-state index contributed by atoms with van der Waals surface area (Å²) < 4.78 is 10.2. The maximum absolute atomic E-state index is 12.4. The number of nitro benzene ring substituents is 1. The number of carboxylic acid groups (broad SMARTS) is 1. The van der Waals surface area contributed by atoms with Gasteiger partial charge in [-0.1, -0.05) is 12.1 Å². The zero-order valence-corrected chi connectivity index (χ0v) is 14.4. The number of benzene rings is 1. The molecule has 3 N–H and O–H groups in total. The molecule has 140 valence electrons. The van der Waals surface area contributed by atoms with E-state index in [2.05, 4.69) is 0 Å². The number of para-hydroxylation sites is 1. The van der Waals surface area contributed by atoms with Crippen LogP contribution in [0.1, 0.15) is 35.7 Å². The molecular weight excluding hydrogens is 358 g/mol. The first-order valence-corrected chi connectivity index (χ1v) is 7.70. The first-order valence-electron chi connectivity index (χ1n) is 7.70. The number of nitrogens with zero attached hydrogens (tertiary/aromatic N) is 2. The number of rotatable bonds is 5. The normalized spacial score (nSPS) is 16.4. The largest absolute Gasteiger partial charge is 0.477 e. The van der Waals surface area contributed by atoms with Gasteiger partial charge in [0.05, 0.1) is 23.0 Å². The van der Waals surface area contributed by atoms with Gasteiger partial charge in [0, 0.05) is 5.56 Å². The molecule has 1 heterocycles. The first kappa shape index (κ1) is 19.5. The molecule has 0 radical (unpaired) electrons. The minimum atomic E-state index is -1.52. The van der Waals surface area contributed by atoms with Gasteiger partial charge in [0.2, 0.25) is 5.88 Å². The van der Waals surface area contributed by atoms with Gasteiger partial charge in [-0.05, 0) is 19.9 Å². The molecule has 0 aromatic heterocycles. The number of nitro groups is 1. The number of carboxylic acids is 1. The Morgan fingerprint density at radius 2 is 2.15 bits per heavy atom. The van der Waals surface area contributed by atoms with Gasteiger partial charge in [0.25, 0.3) is 5.69 Å². The van der Waals surface area contributed by atoms with E-state index in [0.717, 1.165) is 6.07 Å². The van der Waals surface area contributed by atoms with Gasteiger partial charge in [-0.15, -0.1) is 0 Å². The number of ether oxygens (including phenoxy) is 2. The maximum atomic E-state index is 12.4. The summed E-state index contributed by atoms with van der Waals surface area (Å²) in [6.07, 6.45) is 0. The molecule has 1 aliphatic rings. The van der Waals surface area contributed by atoms with E-state index in [1.165, 1.54) is 19.1 Å². The van der Waals surface area contributed by atoms with E-state index in [-0.39, 0.29) is 35.0 Å². The molecule has 1 aliphatic heterocycles. The third-order valence-electron chi connectivity index (χ3n) is 3.89. The van der Waals surface area contributed by atoms with Crippen LogP contribution >= 0.6 is 0 Å². The predicted octanol–water partition coefficient (Wildman–Crippen LogP) is 1.94. The number of esters is 1. The summed E-state index contributed by atoms with van der Waals surface area (Å²) in [5.41, 5.74) is 3.81. The van der Waals surface area contributed by atoms with Crippen molar-refractivity contribution < 1.29 is 29.1 Å². The van der Waals surface area contributed by atoms with E-state index in [1.54, 1.807) is 13.0 Å². The highest BCUT2D eigenvalue weighted by Crippen LogP contribution is 2.43. The molecule has 1 unspecified atom stereocenters. The van der Waals surface area contributed by atoms with Crippen molar-refractivity contribution in [3.05, 3.63) is 62.2 Å². The van der Waals surface area contributed by atoms with Crippen molar-refractivity contribution in [3.8, 4) is 6.07 Å². The topological polar surface area (TPSA) is 166 Å². The number of aromatic carboxylic acids is 1. The molecule has 0 fully saturated rings. The van der Waals surface area contributed by atoms with E-state index in [0.29, 0.717) is 0 Å². The van der Waals surface area contributed by atoms with Crippen LogP contribution in [0, 0.1) is 21.4 Å². The van der Waals surface area contributed by atoms with Gasteiger partial charge in [0.1, 0.15) is 23.0 Å². The van der Waals surface area contributed by atoms with Crippen LogP contribution in [-0.4, -0.2) is 28.6 Å². The quantitative estimate of drug-likeness (QED) is 0.445. The molecule has 0 amide bonds. The lowest BCUT2D eigenvalue weighted by atomic mass is 9.81. The zero-order chi connectivity index (χ0) is 20.3. The summed E-state index contributed by atoms with van der Waals surface area (Å²) in [5.74, 6) is -4.00. The maximum Gasteiger partial charge on any atom is 0.342 e. The average Bonchev–Trinajstić information content (AvgIpc) is 2.60. The first-order chi connectivity index (χ1) is 12.7. The Hall–Kier alpha value is -3.87. The van der Waals surface area contributed by atoms with Gasteiger partial charge in [-0.2, -0.15) is 5.26 Å². The second-order valence-corrected chi connectivity index (χ2v) is 5.42. The van der Waals surface area contributed by atoms with Crippen LogP contribution in [0.5, 0.6) is 0 Å². The third kappa shape index (κ3) is 3.43. The van der Waals surface area contributed by atoms with Gasteiger partial charge >= 0.3 is 11.9 Å².